The summed E-state index contributed by atoms with van der Waals surface area (Å²) in [5.74, 6) is 0. The Kier molecular flexibility index (Phi) is 7.02. The fourth-order valence-corrected chi connectivity index (χ4v) is 1.57. The number of hydrogen-bond acceptors (Lipinski definition) is 2. The van der Waals surface area contributed by atoms with E-state index in [1.807, 2.05) is 36.4 Å². The maximum Gasteiger partial charge on any atom is 0.328 e. The summed E-state index contributed by atoms with van der Waals surface area (Å²) >= 11 is 0. The minimum Gasteiger partial charge on any atom is -0.314 e. The zero-order valence-electron chi connectivity index (χ0n) is 11.2. The zero-order valence-corrected chi connectivity index (χ0v) is 11.2. The Morgan fingerprint density at radius 3 is 2.05 bits per heavy atom. The molecule has 0 unspecified atom stereocenters. The summed E-state index contributed by atoms with van der Waals surface area (Å²) in [5, 5.41) is 0. The monoisotopic (exact) mass is 260 g/mol. The van der Waals surface area contributed by atoms with Gasteiger partial charge in [0.05, 0.1) is 0 Å². The van der Waals surface area contributed by atoms with Gasteiger partial charge < -0.3 is 4.98 Å². The minimum absolute atomic E-state index is 0.222. The van der Waals surface area contributed by atoms with Crippen LogP contribution in [0.3, 0.4) is 0 Å². The Balaban J connectivity index is 0.000000250. The lowest BCUT2D eigenvalue weighted by atomic mass is 10.2. The molecule has 4 nitrogen and oxygen atoms in total. The molecule has 0 fully saturated rings. The molecule has 1 heterocycles. The Labute approximate surface area is 112 Å². The highest BCUT2D eigenvalue weighted by Crippen LogP contribution is 1.93. The molecule has 1 aromatic heterocycles. The number of aromatic nitrogens is 2. The van der Waals surface area contributed by atoms with E-state index < -0.39 is 0 Å². The van der Waals surface area contributed by atoms with Crippen molar-refractivity contribution >= 4 is 0 Å². The van der Waals surface area contributed by atoms with E-state index in [1.165, 1.54) is 16.8 Å². The fourth-order valence-electron chi connectivity index (χ4n) is 1.57. The first kappa shape index (κ1) is 15.0. The predicted molar refractivity (Wildman–Crippen MR) is 77.3 cm³/mol. The van der Waals surface area contributed by atoms with Crippen LogP contribution in [0.15, 0.2) is 58.3 Å². The van der Waals surface area contributed by atoms with Crippen molar-refractivity contribution in [3.05, 3.63) is 69.5 Å². The van der Waals surface area contributed by atoms with Crippen LogP contribution in [-0.4, -0.2) is 9.55 Å². The van der Waals surface area contributed by atoms with Crippen LogP contribution in [0.5, 0.6) is 0 Å². The molecule has 0 bridgehead atoms. The molecule has 0 amide bonds. The number of nitrogens with one attached hydrogen (secondary N) is 1. The van der Waals surface area contributed by atoms with Crippen LogP contribution < -0.4 is 11.2 Å². The van der Waals surface area contributed by atoms with Gasteiger partial charge in [0.15, 0.2) is 0 Å². The van der Waals surface area contributed by atoms with Crippen molar-refractivity contribution in [3.63, 3.8) is 0 Å². The first-order valence-electron chi connectivity index (χ1n) is 6.54. The van der Waals surface area contributed by atoms with E-state index in [4.69, 9.17) is 0 Å². The van der Waals surface area contributed by atoms with E-state index in [2.05, 4.69) is 11.9 Å². The van der Waals surface area contributed by atoms with E-state index >= 15 is 0 Å². The topological polar surface area (TPSA) is 54.9 Å². The Bertz CT molecular complexity index is 503. The van der Waals surface area contributed by atoms with Gasteiger partial charge in [0.25, 0.3) is 5.56 Å². The quantitative estimate of drug-likeness (QED) is 0.858. The van der Waals surface area contributed by atoms with Crippen LogP contribution in [0.4, 0.5) is 0 Å². The minimum atomic E-state index is -0.316. The molecule has 0 saturated carbocycles. The molecule has 0 aliphatic rings. The second-order valence-electron chi connectivity index (χ2n) is 4.13. The Morgan fingerprint density at radius 2 is 1.58 bits per heavy atom. The largest absolute Gasteiger partial charge is 0.328 e. The molecule has 0 aliphatic heterocycles. The number of benzene rings is 1. The smallest absolute Gasteiger partial charge is 0.314 e. The van der Waals surface area contributed by atoms with E-state index in [0.717, 1.165) is 19.3 Å². The summed E-state index contributed by atoms with van der Waals surface area (Å²) in [6.07, 6.45) is 4.38. The van der Waals surface area contributed by atoms with Crippen LogP contribution in [0.1, 0.15) is 26.2 Å². The summed E-state index contributed by atoms with van der Waals surface area (Å²) in [4.78, 5) is 24.8. The third-order valence-corrected chi connectivity index (χ3v) is 2.60. The molecule has 2 aromatic rings. The number of rotatable bonds is 4. The van der Waals surface area contributed by atoms with Gasteiger partial charge in [-0.1, -0.05) is 56.2 Å². The van der Waals surface area contributed by atoms with Crippen molar-refractivity contribution in [2.45, 2.75) is 32.7 Å². The molecule has 0 atom stereocenters. The summed E-state index contributed by atoms with van der Waals surface area (Å²) < 4.78 is 1.23. The normalized spacial score (nSPS) is 9.53. The summed E-state index contributed by atoms with van der Waals surface area (Å²) in [6, 6.07) is 13.4. The highest BCUT2D eigenvalue weighted by atomic mass is 16.2. The van der Waals surface area contributed by atoms with Crippen LogP contribution in [0.2, 0.25) is 0 Å². The van der Waals surface area contributed by atoms with Gasteiger partial charge in [0, 0.05) is 18.8 Å². The van der Waals surface area contributed by atoms with Crippen LogP contribution >= 0.6 is 0 Å². The van der Waals surface area contributed by atoms with Crippen LogP contribution in [0, 0.1) is 0 Å². The molecule has 2 rings (SSSR count). The summed E-state index contributed by atoms with van der Waals surface area (Å²) in [7, 11) is 0. The van der Waals surface area contributed by atoms with Crippen molar-refractivity contribution in [2.75, 3.05) is 0 Å². The first-order valence-corrected chi connectivity index (χ1v) is 6.54. The standard InChI is InChI=1S/C9H14N2O2.C6H6/c1-2-3-4-7-11-8(12)5-6-10-9(11)13;1-2-4-6-5-3-1/h5-6H,2-4,7H2,1H3,(H,10,13);1-6H. The molecule has 19 heavy (non-hydrogen) atoms. The summed E-state index contributed by atoms with van der Waals surface area (Å²) in [5.41, 5.74) is -0.538. The fraction of sp³-hybridized carbons (Fsp3) is 0.333. The number of aromatic amines is 1. The van der Waals surface area contributed by atoms with Gasteiger partial charge in [-0.25, -0.2) is 4.79 Å². The number of H-pyrrole nitrogens is 1. The first-order chi connectivity index (χ1) is 9.25. The summed E-state index contributed by atoms with van der Waals surface area (Å²) in [6.45, 7) is 2.60. The van der Waals surface area contributed by atoms with Crippen molar-refractivity contribution in [1.29, 1.82) is 0 Å². The third kappa shape index (κ3) is 5.86. The van der Waals surface area contributed by atoms with Crippen molar-refractivity contribution in [3.8, 4) is 0 Å². The van der Waals surface area contributed by atoms with Gasteiger partial charge in [0.2, 0.25) is 0 Å². The van der Waals surface area contributed by atoms with Gasteiger partial charge >= 0.3 is 5.69 Å². The lowest BCUT2D eigenvalue weighted by Crippen LogP contribution is -2.33. The van der Waals surface area contributed by atoms with Crippen molar-refractivity contribution in [1.82, 2.24) is 9.55 Å². The highest BCUT2D eigenvalue weighted by molar-refractivity contribution is 4.99. The molecule has 4 heteroatoms. The lowest BCUT2D eigenvalue weighted by Gasteiger charge is -2.01. The molecular formula is C15H20N2O2. The molecule has 0 saturated heterocycles. The Hall–Kier alpha value is -2.10. The van der Waals surface area contributed by atoms with Crippen molar-refractivity contribution < 1.29 is 0 Å². The van der Waals surface area contributed by atoms with Crippen molar-refractivity contribution in [2.24, 2.45) is 0 Å². The van der Waals surface area contributed by atoms with E-state index in [1.54, 1.807) is 0 Å². The molecule has 0 radical (unpaired) electrons. The number of nitrogens with zero attached hydrogens (tertiary/aromatic N) is 1. The van der Waals surface area contributed by atoms with Gasteiger partial charge in [-0.05, 0) is 6.42 Å². The second kappa shape index (κ2) is 8.91. The molecule has 0 spiro atoms. The Morgan fingerprint density at radius 1 is 1.00 bits per heavy atom. The average Bonchev–Trinajstić information content (AvgIpc) is 2.45. The average molecular weight is 260 g/mol. The molecule has 1 N–H and O–H groups in total. The predicted octanol–water partition coefficient (Wildman–Crippen LogP) is 2.41. The highest BCUT2D eigenvalue weighted by Gasteiger charge is 1.98. The lowest BCUT2D eigenvalue weighted by molar-refractivity contribution is 0.563. The van der Waals surface area contributed by atoms with E-state index in [0.29, 0.717) is 6.54 Å². The maximum absolute atomic E-state index is 11.2. The molecule has 0 aliphatic carbocycles. The molecule has 1 aromatic carbocycles. The van der Waals surface area contributed by atoms with Crippen LogP contribution in [0.25, 0.3) is 0 Å². The third-order valence-electron chi connectivity index (χ3n) is 2.60. The molecular weight excluding hydrogens is 240 g/mol. The van der Waals surface area contributed by atoms with Gasteiger partial charge in [-0.15, -0.1) is 0 Å². The van der Waals surface area contributed by atoms with Gasteiger partial charge in [-0.2, -0.15) is 0 Å². The zero-order chi connectivity index (χ0) is 13.9. The SMILES string of the molecule is CCCCCn1c(=O)cc[nH]c1=O.c1ccccc1. The molecule has 102 valence electrons. The maximum atomic E-state index is 11.2. The van der Waals surface area contributed by atoms with Gasteiger partial charge in [-0.3, -0.25) is 9.36 Å². The van der Waals surface area contributed by atoms with E-state index in [9.17, 15) is 9.59 Å². The second-order valence-corrected chi connectivity index (χ2v) is 4.13. The van der Waals surface area contributed by atoms with E-state index in [-0.39, 0.29) is 11.2 Å². The van der Waals surface area contributed by atoms with Crippen LogP contribution in [-0.2, 0) is 6.54 Å². The number of hydrogen-bond donors (Lipinski definition) is 1. The number of unbranched alkanes of at least 4 members (excludes halogenated alkanes) is 2. The van der Waals surface area contributed by atoms with Gasteiger partial charge in [0.1, 0.15) is 0 Å².